The number of nitrogens with one attached hydrogen (secondary N) is 1. The SMILES string of the molecule is CCC(C)c1ccc(N2C(=O)NC(=O)C(=Cc3ccc(N(C)C)cc3)C2=O)cc1. The predicted molar refractivity (Wildman–Crippen MR) is 115 cm³/mol. The van der Waals surface area contributed by atoms with E-state index in [1.54, 1.807) is 12.1 Å². The van der Waals surface area contributed by atoms with Crippen molar-refractivity contribution in [2.24, 2.45) is 0 Å². The number of anilines is 2. The lowest BCUT2D eigenvalue weighted by Crippen LogP contribution is -2.54. The maximum Gasteiger partial charge on any atom is 0.335 e. The number of carbonyl (C=O) groups excluding carboxylic acids is 3. The fraction of sp³-hybridized carbons (Fsp3) is 0.261. The second kappa shape index (κ2) is 8.31. The molecule has 4 amide bonds. The number of barbiturate groups is 1. The van der Waals surface area contributed by atoms with Gasteiger partial charge < -0.3 is 4.90 Å². The lowest BCUT2D eigenvalue weighted by Gasteiger charge is -2.26. The zero-order valence-electron chi connectivity index (χ0n) is 17.1. The summed E-state index contributed by atoms with van der Waals surface area (Å²) in [4.78, 5) is 40.6. The Hall–Kier alpha value is -3.41. The molecule has 0 aliphatic carbocycles. The molecule has 3 rings (SSSR count). The normalized spacial score (nSPS) is 16.8. The van der Waals surface area contributed by atoms with Gasteiger partial charge in [0.25, 0.3) is 11.8 Å². The summed E-state index contributed by atoms with van der Waals surface area (Å²) in [6.45, 7) is 4.22. The van der Waals surface area contributed by atoms with Gasteiger partial charge in [-0.2, -0.15) is 0 Å². The van der Waals surface area contributed by atoms with E-state index in [1.807, 2.05) is 55.4 Å². The Balaban J connectivity index is 1.91. The average molecular weight is 391 g/mol. The van der Waals surface area contributed by atoms with Crippen LogP contribution in [0.3, 0.4) is 0 Å². The van der Waals surface area contributed by atoms with Gasteiger partial charge in [0.1, 0.15) is 5.57 Å². The van der Waals surface area contributed by atoms with Crippen LogP contribution in [0.1, 0.15) is 37.3 Å². The highest BCUT2D eigenvalue weighted by molar-refractivity contribution is 6.39. The Kier molecular flexibility index (Phi) is 5.82. The smallest absolute Gasteiger partial charge is 0.335 e. The number of nitrogens with zero attached hydrogens (tertiary/aromatic N) is 2. The standard InChI is InChI=1S/C23H25N3O3/c1-5-15(2)17-8-12-19(13-9-17)26-22(28)20(21(27)24-23(26)29)14-16-6-10-18(11-7-16)25(3)4/h6-15H,5H2,1-4H3,(H,24,27,29). The minimum absolute atomic E-state index is 0.0757. The summed E-state index contributed by atoms with van der Waals surface area (Å²) in [5.74, 6) is -0.937. The lowest BCUT2D eigenvalue weighted by atomic mass is 9.98. The summed E-state index contributed by atoms with van der Waals surface area (Å²) in [5, 5.41) is 2.26. The van der Waals surface area contributed by atoms with E-state index in [9.17, 15) is 14.4 Å². The molecule has 6 nitrogen and oxygen atoms in total. The first kappa shape index (κ1) is 20.3. The maximum atomic E-state index is 13.0. The van der Waals surface area contributed by atoms with Gasteiger partial charge in [-0.3, -0.25) is 14.9 Å². The molecule has 1 fully saturated rings. The summed E-state index contributed by atoms with van der Waals surface area (Å²) in [6, 6.07) is 14.0. The number of rotatable bonds is 5. The van der Waals surface area contributed by atoms with Gasteiger partial charge in [0.2, 0.25) is 0 Å². The zero-order chi connectivity index (χ0) is 21.1. The van der Waals surface area contributed by atoms with Crippen molar-refractivity contribution < 1.29 is 14.4 Å². The molecule has 0 spiro atoms. The fourth-order valence-electron chi connectivity index (χ4n) is 3.11. The first-order chi connectivity index (χ1) is 13.8. The number of urea groups is 1. The predicted octanol–water partition coefficient (Wildman–Crippen LogP) is 3.93. The maximum absolute atomic E-state index is 13.0. The molecule has 0 radical (unpaired) electrons. The molecule has 1 aliphatic heterocycles. The first-order valence-corrected chi connectivity index (χ1v) is 9.60. The van der Waals surface area contributed by atoms with Crippen LogP contribution >= 0.6 is 0 Å². The molecule has 1 atom stereocenters. The van der Waals surface area contributed by atoms with Gasteiger partial charge in [0.05, 0.1) is 5.69 Å². The van der Waals surface area contributed by atoms with Crippen molar-refractivity contribution in [1.82, 2.24) is 5.32 Å². The average Bonchev–Trinajstić information content (AvgIpc) is 2.71. The van der Waals surface area contributed by atoms with Gasteiger partial charge >= 0.3 is 6.03 Å². The monoisotopic (exact) mass is 391 g/mol. The molecule has 0 saturated carbocycles. The molecule has 1 unspecified atom stereocenters. The van der Waals surface area contributed by atoms with Gasteiger partial charge in [-0.15, -0.1) is 0 Å². The molecule has 1 aliphatic rings. The lowest BCUT2D eigenvalue weighted by molar-refractivity contribution is -0.122. The van der Waals surface area contributed by atoms with E-state index in [0.29, 0.717) is 17.2 Å². The molecular weight excluding hydrogens is 366 g/mol. The van der Waals surface area contributed by atoms with Crippen LogP contribution in [0, 0.1) is 0 Å². The highest BCUT2D eigenvalue weighted by atomic mass is 16.2. The molecule has 6 heteroatoms. The quantitative estimate of drug-likeness (QED) is 0.619. The van der Waals surface area contributed by atoms with E-state index in [4.69, 9.17) is 0 Å². The van der Waals surface area contributed by atoms with Crippen LogP contribution < -0.4 is 15.1 Å². The van der Waals surface area contributed by atoms with E-state index in [1.165, 1.54) is 6.08 Å². The Morgan fingerprint density at radius 2 is 1.62 bits per heavy atom. The number of hydrogen-bond acceptors (Lipinski definition) is 4. The zero-order valence-corrected chi connectivity index (χ0v) is 17.1. The second-order valence-corrected chi connectivity index (χ2v) is 7.34. The van der Waals surface area contributed by atoms with Crippen molar-refractivity contribution in [3.05, 3.63) is 65.2 Å². The highest BCUT2D eigenvalue weighted by Crippen LogP contribution is 2.26. The number of carbonyl (C=O) groups is 3. The molecule has 150 valence electrons. The minimum Gasteiger partial charge on any atom is -0.378 e. The van der Waals surface area contributed by atoms with Gasteiger partial charge in [-0.05, 0) is 53.8 Å². The van der Waals surface area contributed by atoms with Crippen LogP contribution in [-0.2, 0) is 9.59 Å². The third-order valence-electron chi connectivity index (χ3n) is 5.15. The summed E-state index contributed by atoms with van der Waals surface area (Å²) in [6.07, 6.45) is 2.50. The number of hydrogen-bond donors (Lipinski definition) is 1. The van der Waals surface area contributed by atoms with E-state index in [-0.39, 0.29) is 5.57 Å². The van der Waals surface area contributed by atoms with Crippen LogP contribution in [0.15, 0.2) is 54.1 Å². The molecule has 1 saturated heterocycles. The highest BCUT2D eigenvalue weighted by Gasteiger charge is 2.36. The number of imide groups is 2. The van der Waals surface area contributed by atoms with Crippen LogP contribution in [0.25, 0.3) is 6.08 Å². The summed E-state index contributed by atoms with van der Waals surface area (Å²) in [5.41, 5.74) is 3.20. The van der Waals surface area contributed by atoms with Crippen molar-refractivity contribution in [2.75, 3.05) is 23.9 Å². The Morgan fingerprint density at radius 3 is 2.17 bits per heavy atom. The number of benzene rings is 2. The first-order valence-electron chi connectivity index (χ1n) is 9.60. The Morgan fingerprint density at radius 1 is 1.00 bits per heavy atom. The van der Waals surface area contributed by atoms with E-state index >= 15 is 0 Å². The van der Waals surface area contributed by atoms with Crippen molar-refractivity contribution >= 4 is 35.3 Å². The van der Waals surface area contributed by atoms with E-state index in [2.05, 4.69) is 19.2 Å². The summed E-state index contributed by atoms with van der Waals surface area (Å²) >= 11 is 0. The van der Waals surface area contributed by atoms with Gasteiger partial charge in [-0.1, -0.05) is 38.1 Å². The van der Waals surface area contributed by atoms with Crippen LogP contribution in [-0.4, -0.2) is 31.9 Å². The third kappa shape index (κ3) is 4.21. The third-order valence-corrected chi connectivity index (χ3v) is 5.15. The molecule has 1 heterocycles. The minimum atomic E-state index is -0.739. The van der Waals surface area contributed by atoms with E-state index < -0.39 is 17.8 Å². The van der Waals surface area contributed by atoms with E-state index in [0.717, 1.165) is 22.6 Å². The fourth-order valence-corrected chi connectivity index (χ4v) is 3.11. The van der Waals surface area contributed by atoms with Crippen molar-refractivity contribution in [1.29, 1.82) is 0 Å². The van der Waals surface area contributed by atoms with Crippen molar-refractivity contribution in [3.8, 4) is 0 Å². The number of amides is 4. The molecule has 2 aromatic carbocycles. The summed E-state index contributed by atoms with van der Waals surface area (Å²) < 4.78 is 0. The van der Waals surface area contributed by atoms with Crippen LogP contribution in [0.2, 0.25) is 0 Å². The molecule has 0 bridgehead atoms. The van der Waals surface area contributed by atoms with Crippen LogP contribution in [0.5, 0.6) is 0 Å². The second-order valence-electron chi connectivity index (χ2n) is 7.34. The topological polar surface area (TPSA) is 69.7 Å². The van der Waals surface area contributed by atoms with Gasteiger partial charge in [-0.25, -0.2) is 9.69 Å². The van der Waals surface area contributed by atoms with Gasteiger partial charge in [0.15, 0.2) is 0 Å². The molecule has 29 heavy (non-hydrogen) atoms. The molecule has 1 N–H and O–H groups in total. The van der Waals surface area contributed by atoms with Gasteiger partial charge in [0, 0.05) is 19.8 Å². The Labute approximate surface area is 170 Å². The van der Waals surface area contributed by atoms with Crippen molar-refractivity contribution in [3.63, 3.8) is 0 Å². The van der Waals surface area contributed by atoms with Crippen molar-refractivity contribution in [2.45, 2.75) is 26.2 Å². The molecular formula is C23H25N3O3. The Bertz CT molecular complexity index is 960. The molecule has 2 aromatic rings. The largest absolute Gasteiger partial charge is 0.378 e. The summed E-state index contributed by atoms with van der Waals surface area (Å²) in [7, 11) is 3.86. The molecule has 0 aromatic heterocycles. The van der Waals surface area contributed by atoms with Crippen LogP contribution in [0.4, 0.5) is 16.2 Å².